The Bertz CT molecular complexity index is 417. The molecule has 2 aromatic rings. The van der Waals surface area contributed by atoms with E-state index in [1.165, 1.54) is 0 Å². The molecule has 0 aliphatic carbocycles. The second kappa shape index (κ2) is 3.85. The summed E-state index contributed by atoms with van der Waals surface area (Å²) in [5.74, 6) is 0. The number of rotatable bonds is 2. The Morgan fingerprint density at radius 2 is 1.86 bits per heavy atom. The first-order valence-electron chi connectivity index (χ1n) is 4.18. The Hall–Kier alpha value is -1.94. The second-order valence-electron chi connectivity index (χ2n) is 2.73. The minimum absolute atomic E-state index is 0.547. The van der Waals surface area contributed by atoms with Crippen LogP contribution in [0.3, 0.4) is 0 Å². The highest BCUT2D eigenvalue weighted by Gasteiger charge is 2.04. The summed E-state index contributed by atoms with van der Waals surface area (Å²) in [6.07, 6.45) is 3.34. The average Bonchev–Trinajstić information content (AvgIpc) is 2.30. The molecule has 0 aliphatic heterocycles. The molecule has 70 valence electrons. The fourth-order valence-electron chi connectivity index (χ4n) is 1.20. The van der Waals surface area contributed by atoms with Crippen LogP contribution in [-0.4, -0.2) is 15.2 Å². The minimum atomic E-state index is 0.547. The molecule has 2 heterocycles. The van der Waals surface area contributed by atoms with Gasteiger partial charge >= 0.3 is 0 Å². The minimum Gasteiger partial charge on any atom is -0.291 e. The summed E-state index contributed by atoms with van der Waals surface area (Å²) in [6.45, 7) is 0. The summed E-state index contributed by atoms with van der Waals surface area (Å²) in [5.41, 5.74) is 4.00. The van der Waals surface area contributed by atoms with Crippen LogP contribution in [0.25, 0.3) is 11.4 Å². The standard InChI is InChI=1S/C10H9N3O/c14-13-9-5-3-7-12-10(9)8-4-1-2-6-11-8/h1-7,13-14H. The fraction of sp³-hybridized carbons (Fsp3) is 0. The number of hydrogen-bond donors (Lipinski definition) is 2. The highest BCUT2D eigenvalue weighted by molar-refractivity contribution is 5.70. The first-order chi connectivity index (χ1) is 6.92. The summed E-state index contributed by atoms with van der Waals surface area (Å²) in [4.78, 5) is 8.28. The summed E-state index contributed by atoms with van der Waals surface area (Å²) in [7, 11) is 0. The zero-order chi connectivity index (χ0) is 9.80. The van der Waals surface area contributed by atoms with Crippen LogP contribution >= 0.6 is 0 Å². The second-order valence-corrected chi connectivity index (χ2v) is 2.73. The van der Waals surface area contributed by atoms with E-state index in [-0.39, 0.29) is 0 Å². The average molecular weight is 187 g/mol. The van der Waals surface area contributed by atoms with E-state index >= 15 is 0 Å². The van der Waals surface area contributed by atoms with Gasteiger partial charge in [-0.2, -0.15) is 0 Å². The molecule has 2 N–H and O–H groups in total. The Morgan fingerprint density at radius 1 is 1.00 bits per heavy atom. The number of hydrogen-bond acceptors (Lipinski definition) is 4. The zero-order valence-electron chi connectivity index (χ0n) is 7.38. The van der Waals surface area contributed by atoms with Crippen molar-refractivity contribution in [1.29, 1.82) is 0 Å². The Labute approximate surface area is 81.2 Å². The zero-order valence-corrected chi connectivity index (χ0v) is 7.38. The van der Waals surface area contributed by atoms with E-state index in [0.29, 0.717) is 11.4 Å². The molecule has 0 bridgehead atoms. The van der Waals surface area contributed by atoms with Crippen molar-refractivity contribution in [3.8, 4) is 11.4 Å². The molecule has 0 aliphatic rings. The van der Waals surface area contributed by atoms with Crippen molar-refractivity contribution in [3.05, 3.63) is 42.7 Å². The van der Waals surface area contributed by atoms with Gasteiger partial charge in [-0.25, -0.2) is 0 Å². The molecule has 0 unspecified atom stereocenters. The summed E-state index contributed by atoms with van der Waals surface area (Å²) in [5, 5.41) is 8.86. The lowest BCUT2D eigenvalue weighted by Gasteiger charge is -2.04. The first kappa shape index (κ1) is 8.65. The molecule has 0 fully saturated rings. The third kappa shape index (κ3) is 1.55. The number of anilines is 1. The molecule has 0 saturated carbocycles. The molecule has 14 heavy (non-hydrogen) atoms. The Balaban J connectivity index is 2.51. The van der Waals surface area contributed by atoms with Gasteiger partial charge in [0.2, 0.25) is 0 Å². The maximum Gasteiger partial charge on any atom is 0.114 e. The lowest BCUT2D eigenvalue weighted by atomic mass is 10.2. The number of nitrogens with zero attached hydrogens (tertiary/aromatic N) is 2. The van der Waals surface area contributed by atoms with Crippen LogP contribution in [0.4, 0.5) is 5.69 Å². The first-order valence-corrected chi connectivity index (χ1v) is 4.18. The van der Waals surface area contributed by atoms with Gasteiger partial charge in [-0.1, -0.05) is 6.07 Å². The van der Waals surface area contributed by atoms with E-state index in [4.69, 9.17) is 5.21 Å². The number of pyridine rings is 2. The van der Waals surface area contributed by atoms with Crippen molar-refractivity contribution >= 4 is 5.69 Å². The van der Waals surface area contributed by atoms with Crippen LogP contribution in [0.15, 0.2) is 42.7 Å². The third-order valence-electron chi connectivity index (χ3n) is 1.84. The molecule has 0 radical (unpaired) electrons. The Morgan fingerprint density at radius 3 is 2.57 bits per heavy atom. The highest BCUT2D eigenvalue weighted by Crippen LogP contribution is 2.21. The van der Waals surface area contributed by atoms with Gasteiger partial charge in [0.05, 0.1) is 11.4 Å². The molecule has 2 aromatic heterocycles. The van der Waals surface area contributed by atoms with Crippen molar-refractivity contribution in [1.82, 2.24) is 9.97 Å². The van der Waals surface area contributed by atoms with Gasteiger partial charge in [-0.3, -0.25) is 20.7 Å². The lowest BCUT2D eigenvalue weighted by Crippen LogP contribution is -1.95. The molecule has 0 saturated heterocycles. The molecular weight excluding hydrogens is 178 g/mol. The summed E-state index contributed by atoms with van der Waals surface area (Å²) < 4.78 is 0. The maximum absolute atomic E-state index is 8.86. The van der Waals surface area contributed by atoms with Crippen molar-refractivity contribution in [2.24, 2.45) is 0 Å². The van der Waals surface area contributed by atoms with Gasteiger partial charge in [-0.15, -0.1) is 0 Å². The normalized spacial score (nSPS) is 9.79. The van der Waals surface area contributed by atoms with E-state index in [0.717, 1.165) is 5.69 Å². The quantitative estimate of drug-likeness (QED) is 0.705. The van der Waals surface area contributed by atoms with Gasteiger partial charge in [0.15, 0.2) is 0 Å². The largest absolute Gasteiger partial charge is 0.291 e. The number of aromatic nitrogens is 2. The third-order valence-corrected chi connectivity index (χ3v) is 1.84. The van der Waals surface area contributed by atoms with E-state index < -0.39 is 0 Å². The van der Waals surface area contributed by atoms with Gasteiger partial charge in [0, 0.05) is 12.4 Å². The smallest absolute Gasteiger partial charge is 0.114 e. The molecule has 4 nitrogen and oxygen atoms in total. The van der Waals surface area contributed by atoms with Gasteiger partial charge < -0.3 is 0 Å². The van der Waals surface area contributed by atoms with Gasteiger partial charge in [0.1, 0.15) is 5.69 Å². The van der Waals surface area contributed by atoms with Crippen LogP contribution in [0, 0.1) is 0 Å². The molecule has 0 amide bonds. The van der Waals surface area contributed by atoms with E-state index in [2.05, 4.69) is 15.4 Å². The van der Waals surface area contributed by atoms with Crippen LogP contribution in [-0.2, 0) is 0 Å². The molecule has 0 spiro atoms. The maximum atomic E-state index is 8.86. The van der Waals surface area contributed by atoms with Crippen LogP contribution in [0.2, 0.25) is 0 Å². The van der Waals surface area contributed by atoms with E-state index in [1.807, 2.05) is 18.2 Å². The molecule has 4 heteroatoms. The van der Waals surface area contributed by atoms with E-state index in [1.54, 1.807) is 24.5 Å². The van der Waals surface area contributed by atoms with Crippen molar-refractivity contribution in [2.75, 3.05) is 5.48 Å². The topological polar surface area (TPSA) is 58.0 Å². The number of nitrogens with one attached hydrogen (secondary N) is 1. The van der Waals surface area contributed by atoms with Crippen molar-refractivity contribution < 1.29 is 5.21 Å². The van der Waals surface area contributed by atoms with Crippen molar-refractivity contribution in [2.45, 2.75) is 0 Å². The molecular formula is C10H9N3O. The summed E-state index contributed by atoms with van der Waals surface area (Å²) in [6, 6.07) is 9.02. The predicted molar refractivity (Wildman–Crippen MR) is 52.9 cm³/mol. The van der Waals surface area contributed by atoms with Crippen LogP contribution in [0.5, 0.6) is 0 Å². The monoisotopic (exact) mass is 187 g/mol. The highest BCUT2D eigenvalue weighted by atomic mass is 16.5. The molecule has 2 rings (SSSR count). The van der Waals surface area contributed by atoms with Gasteiger partial charge in [0.25, 0.3) is 0 Å². The fourth-order valence-corrected chi connectivity index (χ4v) is 1.20. The lowest BCUT2D eigenvalue weighted by molar-refractivity contribution is 0.389. The Kier molecular flexibility index (Phi) is 2.38. The molecule has 0 atom stereocenters. The summed E-state index contributed by atoms with van der Waals surface area (Å²) >= 11 is 0. The molecule has 0 aromatic carbocycles. The van der Waals surface area contributed by atoms with Crippen molar-refractivity contribution in [3.63, 3.8) is 0 Å². The van der Waals surface area contributed by atoms with E-state index in [9.17, 15) is 0 Å². The van der Waals surface area contributed by atoms with Gasteiger partial charge in [-0.05, 0) is 24.3 Å². The SMILES string of the molecule is ONc1cccnc1-c1ccccn1. The van der Waals surface area contributed by atoms with Crippen LogP contribution < -0.4 is 5.48 Å². The van der Waals surface area contributed by atoms with Crippen LogP contribution in [0.1, 0.15) is 0 Å². The predicted octanol–water partition coefficient (Wildman–Crippen LogP) is 1.94.